The van der Waals surface area contributed by atoms with Gasteiger partial charge in [-0.2, -0.15) is 15.2 Å². The smallest absolute Gasteiger partial charge is 0.232 e. The van der Waals surface area contributed by atoms with Crippen molar-refractivity contribution in [1.29, 1.82) is 0 Å². The summed E-state index contributed by atoms with van der Waals surface area (Å²) in [5.74, 6) is -1.01. The monoisotopic (exact) mass is 558 g/mol. The van der Waals surface area contributed by atoms with Gasteiger partial charge in [0.1, 0.15) is 11.5 Å². The number of aromatic amines is 1. The molecule has 1 saturated carbocycles. The third-order valence-corrected chi connectivity index (χ3v) is 7.62. The molecule has 11 nitrogen and oxygen atoms in total. The number of hydrogen-bond donors (Lipinski definition) is 2. The van der Waals surface area contributed by atoms with Gasteiger partial charge in [-0.15, -0.1) is 0 Å². The molecule has 0 saturated heterocycles. The first-order valence-electron chi connectivity index (χ1n) is 12.1. The molecule has 14 heteroatoms. The minimum absolute atomic E-state index is 0.0127. The van der Waals surface area contributed by atoms with E-state index in [1.165, 1.54) is 7.05 Å². The highest BCUT2D eigenvalue weighted by molar-refractivity contribution is 7.90. The number of ether oxygens (including phenoxy) is 1. The van der Waals surface area contributed by atoms with Crippen LogP contribution in [-0.4, -0.2) is 58.8 Å². The molecule has 39 heavy (non-hydrogen) atoms. The Morgan fingerprint density at radius 3 is 2.46 bits per heavy atom. The molecule has 0 bridgehead atoms. The quantitative estimate of drug-likeness (QED) is 0.311. The fraction of sp³-hybridized carbons (Fsp3) is 0.360. The predicted molar refractivity (Wildman–Crippen MR) is 141 cm³/mol. The Bertz CT molecular complexity index is 1640. The van der Waals surface area contributed by atoms with Crippen LogP contribution in [0, 0.1) is 18.6 Å². The third kappa shape index (κ3) is 5.21. The molecule has 3 heterocycles. The molecule has 1 aliphatic carbocycles. The third-order valence-electron chi connectivity index (χ3n) is 6.52. The molecule has 4 aromatic rings. The Hall–Kier alpha value is -3.91. The van der Waals surface area contributed by atoms with Gasteiger partial charge in [-0.3, -0.25) is 9.78 Å². The summed E-state index contributed by atoms with van der Waals surface area (Å²) < 4.78 is 61.2. The molecule has 0 amide bonds. The molecule has 0 atom stereocenters. The Balaban J connectivity index is 1.72. The number of hydrogen-bond acceptors (Lipinski definition) is 9. The van der Waals surface area contributed by atoms with Gasteiger partial charge in [0.2, 0.25) is 5.95 Å². The van der Waals surface area contributed by atoms with Crippen LogP contribution in [0.25, 0.3) is 11.3 Å². The molecule has 2 N–H and O–H groups in total. The minimum Gasteiger partial charge on any atom is -0.378 e. The number of anilines is 4. The zero-order valence-electron chi connectivity index (χ0n) is 22.1. The fourth-order valence-corrected chi connectivity index (χ4v) is 5.05. The summed E-state index contributed by atoms with van der Waals surface area (Å²) in [6.07, 6.45) is 4.42. The van der Waals surface area contributed by atoms with Crippen LogP contribution in [0.3, 0.4) is 0 Å². The van der Waals surface area contributed by atoms with Crippen molar-refractivity contribution >= 4 is 33.1 Å². The van der Waals surface area contributed by atoms with Crippen molar-refractivity contribution in [2.45, 2.75) is 37.2 Å². The SMILES string of the molecule is COCc1c(-c2nc(N(C)c3c(F)cc(S(C)(=O)=O)cc3F)nc(Nc3cc(C)[nH]n3)c2C2CC2)cnn1C. The van der Waals surface area contributed by atoms with E-state index < -0.39 is 32.1 Å². The number of benzene rings is 1. The highest BCUT2D eigenvalue weighted by Gasteiger charge is 2.34. The molecule has 1 aliphatic rings. The first kappa shape index (κ1) is 26.7. The summed E-state index contributed by atoms with van der Waals surface area (Å²) in [5.41, 5.74) is 3.21. The number of aryl methyl sites for hydroxylation is 2. The maximum atomic E-state index is 15.2. The normalized spacial score (nSPS) is 13.6. The molecule has 0 radical (unpaired) electrons. The first-order chi connectivity index (χ1) is 18.5. The number of H-pyrrole nitrogens is 1. The Morgan fingerprint density at radius 1 is 1.21 bits per heavy atom. The van der Waals surface area contributed by atoms with Crippen LogP contribution in [0.5, 0.6) is 0 Å². The van der Waals surface area contributed by atoms with Crippen molar-refractivity contribution in [2.75, 3.05) is 30.6 Å². The summed E-state index contributed by atoms with van der Waals surface area (Å²) in [6.45, 7) is 2.13. The second kappa shape index (κ2) is 10.0. The molecular formula is C25H28F2N8O3S. The highest BCUT2D eigenvalue weighted by Crippen LogP contribution is 2.48. The summed E-state index contributed by atoms with van der Waals surface area (Å²) in [6, 6.07) is 3.38. The largest absolute Gasteiger partial charge is 0.378 e. The number of rotatable bonds is 9. The lowest BCUT2D eigenvalue weighted by Gasteiger charge is -2.23. The van der Waals surface area contributed by atoms with Gasteiger partial charge in [-0.05, 0) is 37.8 Å². The summed E-state index contributed by atoms with van der Waals surface area (Å²) in [7, 11) is 0.966. The minimum atomic E-state index is -3.82. The van der Waals surface area contributed by atoms with E-state index >= 15 is 8.78 Å². The van der Waals surface area contributed by atoms with Gasteiger partial charge >= 0.3 is 0 Å². The van der Waals surface area contributed by atoms with Crippen molar-refractivity contribution in [2.24, 2.45) is 7.05 Å². The van der Waals surface area contributed by atoms with Crippen LogP contribution >= 0.6 is 0 Å². The zero-order chi connectivity index (χ0) is 28.1. The molecule has 0 aliphatic heterocycles. The van der Waals surface area contributed by atoms with Crippen LogP contribution in [0.15, 0.2) is 29.3 Å². The number of halogens is 2. The lowest BCUT2D eigenvalue weighted by atomic mass is 10.0. The maximum absolute atomic E-state index is 15.2. The molecule has 0 spiro atoms. The van der Waals surface area contributed by atoms with E-state index in [0.717, 1.165) is 53.1 Å². The van der Waals surface area contributed by atoms with Gasteiger partial charge in [-0.1, -0.05) is 0 Å². The van der Waals surface area contributed by atoms with Crippen molar-refractivity contribution in [3.63, 3.8) is 0 Å². The molecule has 1 aromatic carbocycles. The van der Waals surface area contributed by atoms with Crippen molar-refractivity contribution in [3.8, 4) is 11.3 Å². The average Bonchev–Trinajstić information content (AvgIpc) is 3.52. The van der Waals surface area contributed by atoms with Gasteiger partial charge in [-0.25, -0.2) is 22.2 Å². The van der Waals surface area contributed by atoms with Crippen LogP contribution in [-0.2, 0) is 28.2 Å². The molecule has 1 fully saturated rings. The van der Waals surface area contributed by atoms with Crippen molar-refractivity contribution in [1.82, 2.24) is 29.9 Å². The Labute approximate surface area is 224 Å². The van der Waals surface area contributed by atoms with Gasteiger partial charge in [0.25, 0.3) is 0 Å². The molecule has 3 aromatic heterocycles. The molecule has 5 rings (SSSR count). The lowest BCUT2D eigenvalue weighted by molar-refractivity contribution is 0.178. The van der Waals surface area contributed by atoms with Gasteiger partial charge in [0.15, 0.2) is 27.3 Å². The standard InChI is InChI=1S/C25H28F2N8O3S/c1-13-8-20(33-32-13)29-24-21(14-6-7-14)22(16-11-28-35(3)19(16)12-38-4)30-25(31-24)34(2)23-17(26)9-15(10-18(23)27)39(5,36)37/h8-11,14H,6-7,12H2,1-5H3,(H2,29,30,31,32,33). The van der Waals surface area contributed by atoms with Crippen molar-refractivity contribution in [3.05, 3.63) is 53.0 Å². The van der Waals surface area contributed by atoms with Gasteiger partial charge in [0.05, 0.1) is 29.1 Å². The topological polar surface area (TPSA) is 131 Å². The van der Waals surface area contributed by atoms with E-state index in [2.05, 4.69) is 25.6 Å². The van der Waals surface area contributed by atoms with Crippen LogP contribution < -0.4 is 10.2 Å². The fourth-order valence-electron chi connectivity index (χ4n) is 4.42. The maximum Gasteiger partial charge on any atom is 0.232 e. The second-order valence-corrected chi connectivity index (χ2v) is 11.6. The lowest BCUT2D eigenvalue weighted by Crippen LogP contribution is -2.19. The molecular weight excluding hydrogens is 530 g/mol. The van der Waals surface area contributed by atoms with E-state index in [1.807, 2.05) is 13.0 Å². The van der Waals surface area contributed by atoms with E-state index in [9.17, 15) is 8.42 Å². The molecule has 0 unspecified atom stereocenters. The summed E-state index contributed by atoms with van der Waals surface area (Å²) in [5, 5.41) is 14.8. The number of methoxy groups -OCH3 is 1. The number of nitrogens with zero attached hydrogens (tertiary/aromatic N) is 6. The van der Waals surface area contributed by atoms with Crippen LogP contribution in [0.4, 0.5) is 32.1 Å². The van der Waals surface area contributed by atoms with Crippen molar-refractivity contribution < 1.29 is 21.9 Å². The van der Waals surface area contributed by atoms with E-state index in [4.69, 9.17) is 9.72 Å². The summed E-state index contributed by atoms with van der Waals surface area (Å²) in [4.78, 5) is 10.2. The van der Waals surface area contributed by atoms with E-state index in [-0.39, 0.29) is 18.5 Å². The first-order valence-corrected chi connectivity index (χ1v) is 14.0. The number of sulfone groups is 1. The average molecular weight is 559 g/mol. The number of aromatic nitrogens is 6. The Morgan fingerprint density at radius 2 is 1.90 bits per heavy atom. The predicted octanol–water partition coefficient (Wildman–Crippen LogP) is 4.13. The summed E-state index contributed by atoms with van der Waals surface area (Å²) >= 11 is 0. The van der Waals surface area contributed by atoms with Gasteiger partial charge < -0.3 is 15.0 Å². The second-order valence-electron chi connectivity index (χ2n) is 9.60. The van der Waals surface area contributed by atoms with Gasteiger partial charge in [0, 0.05) is 50.3 Å². The Kier molecular flexibility index (Phi) is 6.84. The zero-order valence-corrected chi connectivity index (χ0v) is 22.9. The highest BCUT2D eigenvalue weighted by atomic mass is 32.2. The van der Waals surface area contributed by atoms with Crippen LogP contribution in [0.1, 0.15) is 35.7 Å². The molecule has 206 valence electrons. The number of nitrogens with one attached hydrogen (secondary N) is 2. The van der Waals surface area contributed by atoms with Crippen LogP contribution in [0.2, 0.25) is 0 Å². The van der Waals surface area contributed by atoms with E-state index in [0.29, 0.717) is 22.9 Å². The van der Waals surface area contributed by atoms with E-state index in [1.54, 1.807) is 25.0 Å².